The molecule has 0 saturated carbocycles. The first-order chi connectivity index (χ1) is 15.3. The lowest BCUT2D eigenvalue weighted by Crippen LogP contribution is -2.42. The fourth-order valence-corrected chi connectivity index (χ4v) is 2.59. The molecule has 0 aliphatic carbocycles. The SMILES string of the molecule is CCOC(=O)CCC(NC(=O)c1ccc([N+](=O)[O-])c(Oc2ccccc2)n1)C(=O)OCC. The molecule has 2 aromatic rings. The van der Waals surface area contributed by atoms with E-state index in [4.69, 9.17) is 14.2 Å². The van der Waals surface area contributed by atoms with Gasteiger partial charge in [-0.15, -0.1) is 0 Å². The maximum absolute atomic E-state index is 12.7. The summed E-state index contributed by atoms with van der Waals surface area (Å²) >= 11 is 0. The summed E-state index contributed by atoms with van der Waals surface area (Å²) < 4.78 is 15.3. The van der Waals surface area contributed by atoms with E-state index in [1.807, 2.05) is 0 Å². The number of carbonyl (C=O) groups is 3. The van der Waals surface area contributed by atoms with Crippen molar-refractivity contribution in [1.82, 2.24) is 10.3 Å². The van der Waals surface area contributed by atoms with Crippen LogP contribution in [0.3, 0.4) is 0 Å². The summed E-state index contributed by atoms with van der Waals surface area (Å²) in [6.45, 7) is 3.52. The normalized spacial score (nSPS) is 11.2. The summed E-state index contributed by atoms with van der Waals surface area (Å²) in [5.41, 5.74) is -0.651. The van der Waals surface area contributed by atoms with Crippen molar-refractivity contribution in [3.05, 3.63) is 58.3 Å². The number of amides is 1. The molecule has 1 heterocycles. The Kier molecular flexibility index (Phi) is 9.08. The summed E-state index contributed by atoms with van der Waals surface area (Å²) in [5.74, 6) is -2.14. The molecule has 1 unspecified atom stereocenters. The first-order valence-corrected chi connectivity index (χ1v) is 9.87. The molecule has 1 amide bonds. The zero-order chi connectivity index (χ0) is 23.5. The van der Waals surface area contributed by atoms with Gasteiger partial charge in [0.05, 0.1) is 18.1 Å². The molecular formula is C21H23N3O8. The molecular weight excluding hydrogens is 422 g/mol. The van der Waals surface area contributed by atoms with Gasteiger partial charge in [0.2, 0.25) is 0 Å². The van der Waals surface area contributed by atoms with Gasteiger partial charge in [0, 0.05) is 12.5 Å². The van der Waals surface area contributed by atoms with Gasteiger partial charge in [0.1, 0.15) is 17.5 Å². The second kappa shape index (κ2) is 12.0. The largest absolute Gasteiger partial charge is 0.466 e. The molecule has 32 heavy (non-hydrogen) atoms. The van der Waals surface area contributed by atoms with Crippen LogP contribution in [0.15, 0.2) is 42.5 Å². The minimum atomic E-state index is -1.14. The van der Waals surface area contributed by atoms with Crippen LogP contribution in [0.1, 0.15) is 37.2 Å². The highest BCUT2D eigenvalue weighted by molar-refractivity contribution is 5.95. The summed E-state index contributed by atoms with van der Waals surface area (Å²) in [7, 11) is 0. The molecule has 170 valence electrons. The minimum Gasteiger partial charge on any atom is -0.466 e. The first-order valence-electron chi connectivity index (χ1n) is 9.87. The molecule has 0 spiro atoms. The van der Waals surface area contributed by atoms with Gasteiger partial charge in [-0.25, -0.2) is 9.78 Å². The number of aromatic nitrogens is 1. The van der Waals surface area contributed by atoms with Crippen LogP contribution in [0.25, 0.3) is 0 Å². The second-order valence-electron chi connectivity index (χ2n) is 6.31. The number of nitrogens with zero attached hydrogens (tertiary/aromatic N) is 2. The molecule has 1 aromatic heterocycles. The van der Waals surface area contributed by atoms with Crippen molar-refractivity contribution in [1.29, 1.82) is 0 Å². The Labute approximate surface area is 183 Å². The van der Waals surface area contributed by atoms with E-state index in [1.54, 1.807) is 44.2 Å². The third-order valence-corrected chi connectivity index (χ3v) is 4.05. The molecule has 0 radical (unpaired) electrons. The number of hydrogen-bond acceptors (Lipinski definition) is 9. The van der Waals surface area contributed by atoms with Crippen molar-refractivity contribution >= 4 is 23.5 Å². The van der Waals surface area contributed by atoms with Gasteiger partial charge >= 0.3 is 17.6 Å². The Morgan fingerprint density at radius 3 is 2.38 bits per heavy atom. The summed E-state index contributed by atoms with van der Waals surface area (Å²) in [6, 6.07) is 9.31. The number of nitro groups is 1. The van der Waals surface area contributed by atoms with Gasteiger partial charge in [-0.2, -0.15) is 0 Å². The second-order valence-corrected chi connectivity index (χ2v) is 6.31. The predicted octanol–water partition coefficient (Wildman–Crippen LogP) is 2.79. The van der Waals surface area contributed by atoms with Crippen LogP contribution in [0.4, 0.5) is 5.69 Å². The number of carbonyl (C=O) groups excluding carboxylic acids is 3. The van der Waals surface area contributed by atoms with Gasteiger partial charge in [-0.3, -0.25) is 19.7 Å². The van der Waals surface area contributed by atoms with E-state index >= 15 is 0 Å². The third kappa shape index (κ3) is 7.04. The Hall–Kier alpha value is -4.02. The lowest BCUT2D eigenvalue weighted by Gasteiger charge is -2.17. The van der Waals surface area contributed by atoms with E-state index in [1.165, 1.54) is 0 Å². The summed E-state index contributed by atoms with van der Waals surface area (Å²) in [6.07, 6.45) is -0.169. The fraction of sp³-hybridized carbons (Fsp3) is 0.333. The molecule has 0 saturated heterocycles. The number of hydrogen-bond donors (Lipinski definition) is 1. The van der Waals surface area contributed by atoms with E-state index < -0.39 is 34.5 Å². The van der Waals surface area contributed by atoms with E-state index in [9.17, 15) is 24.5 Å². The average Bonchev–Trinajstić information content (AvgIpc) is 2.77. The van der Waals surface area contributed by atoms with Gasteiger partial charge in [0.25, 0.3) is 11.8 Å². The van der Waals surface area contributed by atoms with Gasteiger partial charge in [-0.05, 0) is 38.5 Å². The van der Waals surface area contributed by atoms with Crippen molar-refractivity contribution in [3.63, 3.8) is 0 Å². The monoisotopic (exact) mass is 445 g/mol. The van der Waals surface area contributed by atoms with Gasteiger partial charge < -0.3 is 19.5 Å². The fourth-order valence-electron chi connectivity index (χ4n) is 2.59. The standard InChI is InChI=1S/C21H23N3O8/c1-3-30-18(25)13-11-16(21(27)31-4-2)22-19(26)15-10-12-17(24(28)29)20(23-15)32-14-8-6-5-7-9-14/h5-10,12,16H,3-4,11,13H2,1-2H3,(H,22,26). The topological polar surface area (TPSA) is 147 Å². The van der Waals surface area contributed by atoms with Crippen LogP contribution >= 0.6 is 0 Å². The average molecular weight is 445 g/mol. The van der Waals surface area contributed by atoms with Crippen LogP contribution in [0.2, 0.25) is 0 Å². The van der Waals surface area contributed by atoms with Crippen LogP contribution in [0.5, 0.6) is 11.6 Å². The summed E-state index contributed by atoms with van der Waals surface area (Å²) in [4.78, 5) is 51.1. The molecule has 0 aliphatic rings. The number of nitrogens with one attached hydrogen (secondary N) is 1. The van der Waals surface area contributed by atoms with Crippen LogP contribution in [0, 0.1) is 10.1 Å². The van der Waals surface area contributed by atoms with Gasteiger partial charge in [0.15, 0.2) is 0 Å². The highest BCUT2D eigenvalue weighted by Crippen LogP contribution is 2.29. The maximum atomic E-state index is 12.7. The third-order valence-electron chi connectivity index (χ3n) is 4.05. The zero-order valence-electron chi connectivity index (χ0n) is 17.6. The molecule has 0 bridgehead atoms. The molecule has 11 nitrogen and oxygen atoms in total. The predicted molar refractivity (Wildman–Crippen MR) is 111 cm³/mol. The van der Waals surface area contributed by atoms with Gasteiger partial charge in [-0.1, -0.05) is 18.2 Å². The van der Waals surface area contributed by atoms with Crippen LogP contribution in [-0.2, 0) is 19.1 Å². The Balaban J connectivity index is 2.22. The quantitative estimate of drug-likeness (QED) is 0.313. The number of benzene rings is 1. The maximum Gasteiger partial charge on any atom is 0.331 e. The van der Waals surface area contributed by atoms with Crippen molar-refractivity contribution in [2.75, 3.05) is 13.2 Å². The number of rotatable bonds is 11. The van der Waals surface area contributed by atoms with Crippen molar-refractivity contribution < 1.29 is 33.5 Å². The molecule has 1 atom stereocenters. The van der Waals surface area contributed by atoms with E-state index in [2.05, 4.69) is 10.3 Å². The molecule has 1 aromatic carbocycles. The number of ether oxygens (including phenoxy) is 3. The van der Waals surface area contributed by atoms with E-state index in [-0.39, 0.29) is 37.6 Å². The molecule has 0 fully saturated rings. The smallest absolute Gasteiger partial charge is 0.331 e. The number of esters is 2. The Morgan fingerprint density at radius 1 is 1.06 bits per heavy atom. The molecule has 0 aliphatic heterocycles. The Bertz CT molecular complexity index is 965. The first kappa shape index (κ1) is 24.3. The minimum absolute atomic E-state index is 0.0518. The van der Waals surface area contributed by atoms with Crippen LogP contribution < -0.4 is 10.1 Å². The molecule has 11 heteroatoms. The van der Waals surface area contributed by atoms with Crippen LogP contribution in [-0.4, -0.2) is 47.0 Å². The zero-order valence-corrected chi connectivity index (χ0v) is 17.6. The molecule has 1 N–H and O–H groups in total. The van der Waals surface area contributed by atoms with Crippen molar-refractivity contribution in [2.24, 2.45) is 0 Å². The number of pyridine rings is 1. The number of para-hydroxylation sites is 1. The van der Waals surface area contributed by atoms with E-state index in [0.717, 1.165) is 12.1 Å². The van der Waals surface area contributed by atoms with Crippen molar-refractivity contribution in [3.8, 4) is 11.6 Å². The van der Waals surface area contributed by atoms with E-state index in [0.29, 0.717) is 5.75 Å². The molecule has 2 rings (SSSR count). The Morgan fingerprint density at radius 2 is 1.75 bits per heavy atom. The van der Waals surface area contributed by atoms with Crippen molar-refractivity contribution in [2.45, 2.75) is 32.7 Å². The summed E-state index contributed by atoms with van der Waals surface area (Å²) in [5, 5.41) is 13.8. The lowest BCUT2D eigenvalue weighted by atomic mass is 10.1. The lowest BCUT2D eigenvalue weighted by molar-refractivity contribution is -0.386. The highest BCUT2D eigenvalue weighted by atomic mass is 16.6. The highest BCUT2D eigenvalue weighted by Gasteiger charge is 2.26.